The number of rotatable bonds is 9. The lowest BCUT2D eigenvalue weighted by molar-refractivity contribution is -0.139. The largest absolute Gasteiger partial charge is 0.416 e. The highest BCUT2D eigenvalue weighted by atomic mass is 35.5. The van der Waals surface area contributed by atoms with E-state index in [4.69, 9.17) is 11.6 Å². The molecule has 0 heterocycles. The van der Waals surface area contributed by atoms with Gasteiger partial charge in [0.05, 0.1) is 17.5 Å². The summed E-state index contributed by atoms with van der Waals surface area (Å²) in [6.07, 6.45) is -3.91. The Balaban J connectivity index is 2.43. The first kappa shape index (κ1) is 28.4. The molecule has 0 aliphatic rings. The maximum absolute atomic E-state index is 13.3. The summed E-state index contributed by atoms with van der Waals surface area (Å²) in [5, 5.41) is 3.16. The standard InChI is InChI=1S/C23H27ClF3N3O4S/c1-15(2)28-22(32)16(3)29(13-17-8-10-19(24)11-9-17)21(31)14-30(35(4,33)34)20-7-5-6-18(12-20)23(25,26)27/h5-12,15-16H,13-14H2,1-4H3,(H,28,32)/t16-/m0/s1. The van der Waals surface area contributed by atoms with Crippen LogP contribution in [0.2, 0.25) is 5.02 Å². The third kappa shape index (κ3) is 8.14. The number of hydrogen-bond donors (Lipinski definition) is 1. The molecule has 192 valence electrons. The molecule has 1 atom stereocenters. The van der Waals surface area contributed by atoms with Crippen LogP contribution in [0.1, 0.15) is 31.9 Å². The van der Waals surface area contributed by atoms with Crippen molar-refractivity contribution >= 4 is 39.1 Å². The number of halogens is 4. The van der Waals surface area contributed by atoms with Crippen molar-refractivity contribution < 1.29 is 31.2 Å². The van der Waals surface area contributed by atoms with Crippen LogP contribution in [0.4, 0.5) is 18.9 Å². The van der Waals surface area contributed by atoms with Crippen LogP contribution in [-0.2, 0) is 32.3 Å². The average molecular weight is 534 g/mol. The molecule has 2 amide bonds. The molecule has 0 saturated heterocycles. The fourth-order valence-corrected chi connectivity index (χ4v) is 4.19. The monoisotopic (exact) mass is 533 g/mol. The molecule has 1 N–H and O–H groups in total. The molecule has 0 aliphatic heterocycles. The summed E-state index contributed by atoms with van der Waals surface area (Å²) < 4.78 is 65.1. The highest BCUT2D eigenvalue weighted by molar-refractivity contribution is 7.92. The lowest BCUT2D eigenvalue weighted by atomic mass is 10.1. The Morgan fingerprint density at radius 3 is 2.17 bits per heavy atom. The molecular formula is C23H27ClF3N3O4S. The van der Waals surface area contributed by atoms with Gasteiger partial charge in [0.25, 0.3) is 0 Å². The van der Waals surface area contributed by atoms with Crippen LogP contribution in [0.15, 0.2) is 48.5 Å². The van der Waals surface area contributed by atoms with E-state index in [1.807, 2.05) is 0 Å². The first-order valence-electron chi connectivity index (χ1n) is 10.6. The van der Waals surface area contributed by atoms with E-state index in [1.54, 1.807) is 38.1 Å². The molecule has 0 radical (unpaired) electrons. The highest BCUT2D eigenvalue weighted by Gasteiger charge is 2.33. The van der Waals surface area contributed by atoms with Crippen molar-refractivity contribution in [3.8, 4) is 0 Å². The van der Waals surface area contributed by atoms with Gasteiger partial charge in [-0.1, -0.05) is 29.8 Å². The Bertz CT molecular complexity index is 1160. The van der Waals surface area contributed by atoms with Crippen LogP contribution in [0.3, 0.4) is 0 Å². The summed E-state index contributed by atoms with van der Waals surface area (Å²) in [5.41, 5.74) is -0.753. The fourth-order valence-electron chi connectivity index (χ4n) is 3.23. The molecule has 2 aromatic rings. The molecule has 35 heavy (non-hydrogen) atoms. The normalized spacial score (nSPS) is 12.8. The minimum absolute atomic E-state index is 0.0527. The molecule has 2 rings (SSSR count). The van der Waals surface area contributed by atoms with Crippen LogP contribution < -0.4 is 9.62 Å². The van der Waals surface area contributed by atoms with E-state index in [1.165, 1.54) is 17.9 Å². The summed E-state index contributed by atoms with van der Waals surface area (Å²) in [5.74, 6) is -1.23. The maximum atomic E-state index is 13.3. The van der Waals surface area contributed by atoms with Gasteiger partial charge in [-0.15, -0.1) is 0 Å². The van der Waals surface area contributed by atoms with Crippen molar-refractivity contribution in [3.05, 3.63) is 64.7 Å². The van der Waals surface area contributed by atoms with Gasteiger partial charge in [-0.05, 0) is 56.7 Å². The van der Waals surface area contributed by atoms with Crippen molar-refractivity contribution in [3.63, 3.8) is 0 Å². The quantitative estimate of drug-likeness (QED) is 0.526. The van der Waals surface area contributed by atoms with Crippen LogP contribution in [-0.4, -0.2) is 50.0 Å². The maximum Gasteiger partial charge on any atom is 0.416 e. The van der Waals surface area contributed by atoms with Gasteiger partial charge in [0.2, 0.25) is 21.8 Å². The van der Waals surface area contributed by atoms with Crippen molar-refractivity contribution in [2.75, 3.05) is 17.1 Å². The number of carbonyl (C=O) groups is 2. The van der Waals surface area contributed by atoms with Gasteiger partial charge >= 0.3 is 6.18 Å². The molecule has 0 saturated carbocycles. The number of nitrogens with zero attached hydrogens (tertiary/aromatic N) is 2. The lowest BCUT2D eigenvalue weighted by Crippen LogP contribution is -2.52. The smallest absolute Gasteiger partial charge is 0.352 e. The van der Waals surface area contributed by atoms with Gasteiger partial charge < -0.3 is 10.2 Å². The summed E-state index contributed by atoms with van der Waals surface area (Å²) in [6, 6.07) is 8.98. The molecule has 0 bridgehead atoms. The zero-order chi connectivity index (χ0) is 26.6. The minimum atomic E-state index is -4.70. The third-order valence-electron chi connectivity index (χ3n) is 5.01. The van der Waals surface area contributed by atoms with E-state index < -0.39 is 46.2 Å². The molecular weight excluding hydrogens is 507 g/mol. The van der Waals surface area contributed by atoms with Gasteiger partial charge in [0.15, 0.2) is 0 Å². The topological polar surface area (TPSA) is 86.8 Å². The van der Waals surface area contributed by atoms with Gasteiger partial charge in [0.1, 0.15) is 12.6 Å². The zero-order valence-corrected chi connectivity index (χ0v) is 21.2. The molecule has 0 aromatic heterocycles. The number of amides is 2. The Hall–Kier alpha value is -2.79. The molecule has 0 spiro atoms. The van der Waals surface area contributed by atoms with Crippen LogP contribution in [0, 0.1) is 0 Å². The van der Waals surface area contributed by atoms with Crippen molar-refractivity contribution in [2.24, 2.45) is 0 Å². The molecule has 0 aliphatic carbocycles. The van der Waals surface area contributed by atoms with Gasteiger partial charge in [-0.25, -0.2) is 8.42 Å². The predicted octanol–water partition coefficient (Wildman–Crippen LogP) is 4.07. The Labute approximate surface area is 207 Å². The number of hydrogen-bond acceptors (Lipinski definition) is 4. The fraction of sp³-hybridized carbons (Fsp3) is 0.391. The molecule has 12 heteroatoms. The van der Waals surface area contributed by atoms with Crippen molar-refractivity contribution in [1.29, 1.82) is 0 Å². The number of carbonyl (C=O) groups excluding carboxylic acids is 2. The highest BCUT2D eigenvalue weighted by Crippen LogP contribution is 2.32. The SMILES string of the molecule is CC(C)NC(=O)[C@H](C)N(Cc1ccc(Cl)cc1)C(=O)CN(c1cccc(C(F)(F)F)c1)S(C)(=O)=O. The zero-order valence-electron chi connectivity index (χ0n) is 19.6. The number of anilines is 1. The second kappa shape index (κ2) is 11.3. The number of nitrogens with one attached hydrogen (secondary N) is 1. The first-order valence-corrected chi connectivity index (χ1v) is 12.8. The van der Waals surface area contributed by atoms with Crippen LogP contribution in [0.5, 0.6) is 0 Å². The average Bonchev–Trinajstić information content (AvgIpc) is 2.74. The second-order valence-electron chi connectivity index (χ2n) is 8.31. The van der Waals surface area contributed by atoms with Crippen molar-refractivity contribution in [2.45, 2.75) is 45.6 Å². The molecule has 7 nitrogen and oxygen atoms in total. The number of benzene rings is 2. The first-order chi connectivity index (χ1) is 16.1. The Morgan fingerprint density at radius 1 is 1.06 bits per heavy atom. The van der Waals surface area contributed by atoms with E-state index in [2.05, 4.69) is 5.32 Å². The van der Waals surface area contributed by atoms with Crippen molar-refractivity contribution in [1.82, 2.24) is 10.2 Å². The lowest BCUT2D eigenvalue weighted by Gasteiger charge is -2.32. The van der Waals surface area contributed by atoms with E-state index in [0.717, 1.165) is 18.4 Å². The second-order valence-corrected chi connectivity index (χ2v) is 10.6. The number of alkyl halides is 3. The van der Waals surface area contributed by atoms with E-state index >= 15 is 0 Å². The minimum Gasteiger partial charge on any atom is -0.352 e. The van der Waals surface area contributed by atoms with Gasteiger partial charge in [-0.2, -0.15) is 13.2 Å². The van der Waals surface area contributed by atoms with Crippen LogP contribution in [0.25, 0.3) is 0 Å². The molecule has 0 unspecified atom stereocenters. The summed E-state index contributed by atoms with van der Waals surface area (Å²) in [7, 11) is -4.15. The molecule has 2 aromatic carbocycles. The Morgan fingerprint density at radius 2 is 1.66 bits per heavy atom. The predicted molar refractivity (Wildman–Crippen MR) is 128 cm³/mol. The number of sulfonamides is 1. The van der Waals surface area contributed by atoms with E-state index in [-0.39, 0.29) is 18.3 Å². The Kier molecular flexibility index (Phi) is 9.18. The summed E-state index contributed by atoms with van der Waals surface area (Å²) in [6.45, 7) is 4.13. The third-order valence-corrected chi connectivity index (χ3v) is 6.40. The molecule has 0 fully saturated rings. The summed E-state index contributed by atoms with van der Waals surface area (Å²) in [4.78, 5) is 27.2. The van der Waals surface area contributed by atoms with E-state index in [0.29, 0.717) is 21.0 Å². The van der Waals surface area contributed by atoms with Gasteiger partial charge in [0, 0.05) is 17.6 Å². The van der Waals surface area contributed by atoms with E-state index in [9.17, 15) is 31.2 Å². The summed E-state index contributed by atoms with van der Waals surface area (Å²) >= 11 is 5.91. The van der Waals surface area contributed by atoms with Crippen LogP contribution >= 0.6 is 11.6 Å². The van der Waals surface area contributed by atoms with Gasteiger partial charge in [-0.3, -0.25) is 13.9 Å².